The summed E-state index contributed by atoms with van der Waals surface area (Å²) >= 11 is 0. The third kappa shape index (κ3) is 3.17. The summed E-state index contributed by atoms with van der Waals surface area (Å²) in [4.78, 5) is 0. The molecule has 0 aliphatic heterocycles. The molecule has 0 radical (unpaired) electrons. The van der Waals surface area contributed by atoms with Crippen molar-refractivity contribution in [3.63, 3.8) is 0 Å². The molecule has 0 amide bonds. The molecule has 1 aromatic heterocycles. The molecule has 1 N–H and O–H groups in total. The summed E-state index contributed by atoms with van der Waals surface area (Å²) in [5, 5.41) is 11.7. The second-order valence-electron chi connectivity index (χ2n) is 5.55. The van der Waals surface area contributed by atoms with Gasteiger partial charge in [0.25, 0.3) is 0 Å². The third-order valence-electron chi connectivity index (χ3n) is 3.44. The highest BCUT2D eigenvalue weighted by Gasteiger charge is 2.15. The Hall–Kier alpha value is -2.62. The summed E-state index contributed by atoms with van der Waals surface area (Å²) in [5.74, 6) is 1.13. The van der Waals surface area contributed by atoms with Gasteiger partial charge < -0.3 is 9.73 Å². The molecule has 0 saturated carbocycles. The van der Waals surface area contributed by atoms with Crippen molar-refractivity contribution in [2.45, 2.75) is 26.8 Å². The standard InChI is InChI=1S/C18H19N3O/c1-12-9-13(2)11-16(10-12)19-14(3)17-20-21-18(22-17)15-7-5-4-6-8-15/h4-11,14,19H,1-3H3/t14-/m1/s1. The Morgan fingerprint density at radius 3 is 2.32 bits per heavy atom. The minimum Gasteiger partial charge on any atom is -0.418 e. The number of nitrogens with zero attached hydrogens (tertiary/aromatic N) is 2. The molecule has 0 aliphatic rings. The number of aromatic nitrogens is 2. The molecule has 2 aromatic carbocycles. The Labute approximate surface area is 130 Å². The highest BCUT2D eigenvalue weighted by molar-refractivity contribution is 5.52. The van der Waals surface area contributed by atoms with E-state index >= 15 is 0 Å². The van der Waals surface area contributed by atoms with Gasteiger partial charge in [0.1, 0.15) is 6.04 Å². The highest BCUT2D eigenvalue weighted by atomic mass is 16.4. The summed E-state index contributed by atoms with van der Waals surface area (Å²) in [7, 11) is 0. The average molecular weight is 293 g/mol. The number of nitrogens with one attached hydrogen (secondary N) is 1. The molecular weight excluding hydrogens is 274 g/mol. The molecule has 1 atom stereocenters. The van der Waals surface area contributed by atoms with E-state index in [9.17, 15) is 0 Å². The zero-order valence-electron chi connectivity index (χ0n) is 13.0. The maximum Gasteiger partial charge on any atom is 0.247 e. The van der Waals surface area contributed by atoms with Gasteiger partial charge in [0.15, 0.2) is 0 Å². The lowest BCUT2D eigenvalue weighted by molar-refractivity contribution is 0.485. The lowest BCUT2D eigenvalue weighted by Gasteiger charge is -2.12. The van der Waals surface area contributed by atoms with Crippen LogP contribution in [0.15, 0.2) is 52.9 Å². The zero-order chi connectivity index (χ0) is 15.5. The smallest absolute Gasteiger partial charge is 0.247 e. The van der Waals surface area contributed by atoms with Crippen LogP contribution in [0.4, 0.5) is 5.69 Å². The van der Waals surface area contributed by atoms with Crippen molar-refractivity contribution in [3.8, 4) is 11.5 Å². The van der Waals surface area contributed by atoms with Crippen molar-refractivity contribution < 1.29 is 4.42 Å². The molecule has 22 heavy (non-hydrogen) atoms. The van der Waals surface area contributed by atoms with E-state index in [0.29, 0.717) is 11.8 Å². The minimum absolute atomic E-state index is 0.0498. The number of benzene rings is 2. The van der Waals surface area contributed by atoms with Gasteiger partial charge in [0, 0.05) is 11.3 Å². The Kier molecular flexibility index (Phi) is 3.92. The predicted octanol–water partition coefficient (Wildman–Crippen LogP) is 4.53. The van der Waals surface area contributed by atoms with E-state index in [1.54, 1.807) is 0 Å². The number of aryl methyl sites for hydroxylation is 2. The molecule has 3 rings (SSSR count). The van der Waals surface area contributed by atoms with Crippen molar-refractivity contribution in [3.05, 3.63) is 65.5 Å². The van der Waals surface area contributed by atoms with Crippen molar-refractivity contribution in [2.24, 2.45) is 0 Å². The maximum atomic E-state index is 5.78. The molecule has 0 fully saturated rings. The third-order valence-corrected chi connectivity index (χ3v) is 3.44. The topological polar surface area (TPSA) is 51.0 Å². The Bertz CT molecular complexity index is 745. The van der Waals surface area contributed by atoms with E-state index in [1.807, 2.05) is 37.3 Å². The number of rotatable bonds is 4. The lowest BCUT2D eigenvalue weighted by Crippen LogP contribution is -2.07. The van der Waals surface area contributed by atoms with Crippen LogP contribution < -0.4 is 5.32 Å². The molecule has 1 heterocycles. The van der Waals surface area contributed by atoms with Crippen molar-refractivity contribution in [1.29, 1.82) is 0 Å². The zero-order valence-corrected chi connectivity index (χ0v) is 13.0. The fourth-order valence-corrected chi connectivity index (χ4v) is 2.48. The summed E-state index contributed by atoms with van der Waals surface area (Å²) in [6, 6.07) is 16.1. The molecule has 0 aliphatic carbocycles. The van der Waals surface area contributed by atoms with Crippen molar-refractivity contribution in [2.75, 3.05) is 5.32 Å². The fourth-order valence-electron chi connectivity index (χ4n) is 2.48. The molecule has 0 spiro atoms. The minimum atomic E-state index is -0.0498. The van der Waals surface area contributed by atoms with Crippen LogP contribution in [0.3, 0.4) is 0 Å². The van der Waals surface area contributed by atoms with E-state index in [-0.39, 0.29) is 6.04 Å². The first-order valence-corrected chi connectivity index (χ1v) is 7.35. The first-order chi connectivity index (χ1) is 10.6. The van der Waals surface area contributed by atoms with Gasteiger partial charge in [-0.1, -0.05) is 24.3 Å². The van der Waals surface area contributed by atoms with Gasteiger partial charge in [-0.2, -0.15) is 0 Å². The largest absolute Gasteiger partial charge is 0.418 e. The van der Waals surface area contributed by atoms with E-state index in [0.717, 1.165) is 11.3 Å². The van der Waals surface area contributed by atoms with Gasteiger partial charge in [-0.15, -0.1) is 10.2 Å². The second-order valence-corrected chi connectivity index (χ2v) is 5.55. The van der Waals surface area contributed by atoms with Crippen LogP contribution in [0.25, 0.3) is 11.5 Å². The van der Waals surface area contributed by atoms with Crippen LogP contribution in [0.1, 0.15) is 30.0 Å². The SMILES string of the molecule is Cc1cc(C)cc(N[C@H](C)c2nnc(-c3ccccc3)o2)c1. The van der Waals surface area contributed by atoms with E-state index in [2.05, 4.69) is 47.6 Å². The average Bonchev–Trinajstić information content (AvgIpc) is 2.97. The Balaban J connectivity index is 1.78. The fraction of sp³-hybridized carbons (Fsp3) is 0.222. The molecule has 4 nitrogen and oxygen atoms in total. The number of hydrogen-bond donors (Lipinski definition) is 1. The van der Waals surface area contributed by atoms with E-state index in [1.165, 1.54) is 11.1 Å². The Morgan fingerprint density at radius 2 is 1.64 bits per heavy atom. The van der Waals surface area contributed by atoms with E-state index < -0.39 is 0 Å². The molecule has 3 aromatic rings. The molecule has 112 valence electrons. The lowest BCUT2D eigenvalue weighted by atomic mass is 10.1. The second kappa shape index (κ2) is 6.02. The van der Waals surface area contributed by atoms with Crippen LogP contribution >= 0.6 is 0 Å². The van der Waals surface area contributed by atoms with Gasteiger partial charge in [0.2, 0.25) is 11.8 Å². The predicted molar refractivity (Wildman–Crippen MR) is 87.7 cm³/mol. The molecule has 0 bridgehead atoms. The number of anilines is 1. The summed E-state index contributed by atoms with van der Waals surface area (Å²) in [6.45, 7) is 6.19. The first-order valence-electron chi connectivity index (χ1n) is 7.35. The van der Waals surface area contributed by atoms with Crippen LogP contribution in [0.2, 0.25) is 0 Å². The highest BCUT2D eigenvalue weighted by Crippen LogP contribution is 2.23. The van der Waals surface area contributed by atoms with Crippen molar-refractivity contribution >= 4 is 5.69 Å². The molecule has 0 saturated heterocycles. The summed E-state index contributed by atoms with van der Waals surface area (Å²) < 4.78 is 5.78. The van der Waals surface area contributed by atoms with Crippen molar-refractivity contribution in [1.82, 2.24) is 10.2 Å². The first kappa shape index (κ1) is 14.3. The summed E-state index contributed by atoms with van der Waals surface area (Å²) in [5.41, 5.74) is 4.44. The monoisotopic (exact) mass is 293 g/mol. The van der Waals surface area contributed by atoms with Crippen LogP contribution in [-0.4, -0.2) is 10.2 Å². The Morgan fingerprint density at radius 1 is 0.955 bits per heavy atom. The quantitative estimate of drug-likeness (QED) is 0.768. The van der Waals surface area contributed by atoms with Gasteiger partial charge in [0.05, 0.1) is 0 Å². The van der Waals surface area contributed by atoms with Crippen LogP contribution in [0, 0.1) is 13.8 Å². The molecular formula is C18H19N3O. The number of hydrogen-bond acceptors (Lipinski definition) is 4. The van der Waals surface area contributed by atoms with Gasteiger partial charge in [-0.25, -0.2) is 0 Å². The molecule has 0 unspecified atom stereocenters. The van der Waals surface area contributed by atoms with Crippen LogP contribution in [-0.2, 0) is 0 Å². The van der Waals surface area contributed by atoms with E-state index in [4.69, 9.17) is 4.42 Å². The van der Waals surface area contributed by atoms with Gasteiger partial charge in [-0.3, -0.25) is 0 Å². The normalized spacial score (nSPS) is 12.1. The van der Waals surface area contributed by atoms with Gasteiger partial charge in [-0.05, 0) is 56.2 Å². The van der Waals surface area contributed by atoms with Gasteiger partial charge >= 0.3 is 0 Å². The van der Waals surface area contributed by atoms with Crippen LogP contribution in [0.5, 0.6) is 0 Å². The molecule has 4 heteroatoms. The summed E-state index contributed by atoms with van der Waals surface area (Å²) in [6.07, 6.45) is 0. The maximum absolute atomic E-state index is 5.78.